The molecule has 132 valence electrons. The van der Waals surface area contributed by atoms with Crippen molar-refractivity contribution >= 4 is 5.91 Å². The molecule has 2 atom stereocenters. The second-order valence-corrected chi connectivity index (χ2v) is 6.22. The number of benzene rings is 2. The smallest absolute Gasteiger partial charge is 0.241 e. The van der Waals surface area contributed by atoms with E-state index in [-0.39, 0.29) is 23.8 Å². The number of hydrazine groups is 1. The van der Waals surface area contributed by atoms with Gasteiger partial charge in [-0.2, -0.15) is 0 Å². The molecule has 6 heteroatoms. The van der Waals surface area contributed by atoms with Crippen LogP contribution in [-0.2, 0) is 11.3 Å². The minimum absolute atomic E-state index is 0.000892. The molecular formula is C19H22FN3O2. The lowest BCUT2D eigenvalue weighted by Gasteiger charge is -2.21. The molecule has 5 nitrogen and oxygen atoms in total. The van der Waals surface area contributed by atoms with E-state index in [0.29, 0.717) is 19.6 Å². The monoisotopic (exact) mass is 343 g/mol. The first-order chi connectivity index (χ1) is 12.1. The summed E-state index contributed by atoms with van der Waals surface area (Å²) in [4.78, 5) is 14.2. The molecule has 1 heterocycles. The number of amides is 1. The SMILES string of the molecule is CN(Cc1ccc(F)cc1)C(=O)C1CC(COc2ccccc2)NN1. The molecule has 1 amide bonds. The molecule has 0 aromatic heterocycles. The summed E-state index contributed by atoms with van der Waals surface area (Å²) in [5.74, 6) is 0.534. The van der Waals surface area contributed by atoms with E-state index in [1.54, 1.807) is 24.1 Å². The molecule has 3 rings (SSSR count). The molecule has 2 N–H and O–H groups in total. The minimum atomic E-state index is -0.296. The van der Waals surface area contributed by atoms with Crippen molar-refractivity contribution in [1.82, 2.24) is 15.8 Å². The van der Waals surface area contributed by atoms with Crippen LogP contribution in [0.5, 0.6) is 5.75 Å². The first-order valence-electron chi connectivity index (χ1n) is 8.30. The van der Waals surface area contributed by atoms with Crippen molar-refractivity contribution in [2.24, 2.45) is 0 Å². The third-order valence-corrected chi connectivity index (χ3v) is 4.18. The van der Waals surface area contributed by atoms with Crippen LogP contribution in [0.4, 0.5) is 4.39 Å². The lowest BCUT2D eigenvalue weighted by atomic mass is 10.1. The van der Waals surface area contributed by atoms with E-state index in [4.69, 9.17) is 4.74 Å². The summed E-state index contributed by atoms with van der Waals surface area (Å²) in [6, 6.07) is 15.5. The Kier molecular flexibility index (Phi) is 5.63. The lowest BCUT2D eigenvalue weighted by molar-refractivity contribution is -0.132. The van der Waals surface area contributed by atoms with E-state index in [2.05, 4.69) is 10.9 Å². The molecule has 0 spiro atoms. The molecule has 0 saturated carbocycles. The zero-order chi connectivity index (χ0) is 17.6. The third kappa shape index (κ3) is 4.78. The molecule has 1 saturated heterocycles. The molecule has 1 fully saturated rings. The Balaban J connectivity index is 1.47. The Bertz CT molecular complexity index is 694. The van der Waals surface area contributed by atoms with Gasteiger partial charge >= 0.3 is 0 Å². The number of halogens is 1. The van der Waals surface area contributed by atoms with Crippen molar-refractivity contribution in [2.75, 3.05) is 13.7 Å². The van der Waals surface area contributed by atoms with Gasteiger partial charge in [-0.05, 0) is 36.2 Å². The molecule has 1 aliphatic heterocycles. The standard InChI is InChI=1S/C19H22FN3O2/c1-23(12-14-7-9-15(20)10-8-14)19(24)18-11-16(21-22-18)13-25-17-5-3-2-4-6-17/h2-10,16,18,21-22H,11-13H2,1H3. The van der Waals surface area contributed by atoms with Crippen LogP contribution < -0.4 is 15.6 Å². The number of nitrogens with zero attached hydrogens (tertiary/aromatic N) is 1. The van der Waals surface area contributed by atoms with E-state index < -0.39 is 0 Å². The van der Waals surface area contributed by atoms with E-state index in [0.717, 1.165) is 11.3 Å². The second-order valence-electron chi connectivity index (χ2n) is 6.22. The highest BCUT2D eigenvalue weighted by Gasteiger charge is 2.31. The van der Waals surface area contributed by atoms with E-state index >= 15 is 0 Å². The summed E-state index contributed by atoms with van der Waals surface area (Å²) in [6.45, 7) is 0.935. The number of hydrogen-bond donors (Lipinski definition) is 2. The van der Waals surface area contributed by atoms with E-state index in [1.807, 2.05) is 30.3 Å². The van der Waals surface area contributed by atoms with Crippen LogP contribution in [0, 0.1) is 5.82 Å². The molecule has 2 unspecified atom stereocenters. The van der Waals surface area contributed by atoms with Gasteiger partial charge in [0.05, 0.1) is 6.04 Å². The number of carbonyl (C=O) groups is 1. The van der Waals surface area contributed by atoms with Crippen molar-refractivity contribution in [3.63, 3.8) is 0 Å². The normalized spacial score (nSPS) is 19.6. The highest BCUT2D eigenvalue weighted by atomic mass is 19.1. The average Bonchev–Trinajstić information content (AvgIpc) is 3.11. The first-order valence-corrected chi connectivity index (χ1v) is 8.30. The average molecular weight is 343 g/mol. The van der Waals surface area contributed by atoms with Gasteiger partial charge in [0.1, 0.15) is 24.2 Å². The van der Waals surface area contributed by atoms with Gasteiger partial charge in [0, 0.05) is 13.6 Å². The van der Waals surface area contributed by atoms with Crippen molar-refractivity contribution < 1.29 is 13.9 Å². The Morgan fingerprint density at radius 3 is 2.60 bits per heavy atom. The Hall–Kier alpha value is -2.44. The maximum Gasteiger partial charge on any atom is 0.241 e. The Morgan fingerprint density at radius 2 is 1.88 bits per heavy atom. The van der Waals surface area contributed by atoms with Crippen LogP contribution >= 0.6 is 0 Å². The number of para-hydroxylation sites is 1. The minimum Gasteiger partial charge on any atom is -0.492 e. The molecule has 2 aromatic rings. The fourth-order valence-corrected chi connectivity index (χ4v) is 2.81. The quantitative estimate of drug-likeness (QED) is 0.843. The van der Waals surface area contributed by atoms with E-state index in [9.17, 15) is 9.18 Å². The van der Waals surface area contributed by atoms with Gasteiger partial charge in [0.2, 0.25) is 5.91 Å². The third-order valence-electron chi connectivity index (χ3n) is 4.18. The van der Waals surface area contributed by atoms with Crippen molar-refractivity contribution in [2.45, 2.75) is 25.0 Å². The number of hydrogen-bond acceptors (Lipinski definition) is 4. The van der Waals surface area contributed by atoms with Crippen molar-refractivity contribution in [3.8, 4) is 5.75 Å². The largest absolute Gasteiger partial charge is 0.492 e. The topological polar surface area (TPSA) is 53.6 Å². The maximum absolute atomic E-state index is 13.0. The van der Waals surface area contributed by atoms with Gasteiger partial charge in [-0.25, -0.2) is 9.82 Å². The molecule has 0 aliphatic carbocycles. The zero-order valence-electron chi connectivity index (χ0n) is 14.1. The van der Waals surface area contributed by atoms with E-state index in [1.165, 1.54) is 12.1 Å². The maximum atomic E-state index is 13.0. The molecule has 0 radical (unpaired) electrons. The molecule has 2 aromatic carbocycles. The lowest BCUT2D eigenvalue weighted by Crippen LogP contribution is -2.44. The molecular weight excluding hydrogens is 321 g/mol. The van der Waals surface area contributed by atoms with Gasteiger partial charge < -0.3 is 9.64 Å². The fraction of sp³-hybridized carbons (Fsp3) is 0.316. The van der Waals surface area contributed by atoms with Crippen LogP contribution in [0.3, 0.4) is 0 Å². The van der Waals surface area contributed by atoms with Crippen LogP contribution in [0.15, 0.2) is 54.6 Å². The first kappa shape index (κ1) is 17.4. The van der Waals surface area contributed by atoms with Gasteiger partial charge in [-0.3, -0.25) is 10.2 Å². The zero-order valence-corrected chi connectivity index (χ0v) is 14.1. The summed E-state index contributed by atoms with van der Waals surface area (Å²) in [5.41, 5.74) is 7.04. The molecule has 1 aliphatic rings. The summed E-state index contributed by atoms with van der Waals surface area (Å²) in [5, 5.41) is 0. The van der Waals surface area contributed by atoms with Gasteiger partial charge in [-0.1, -0.05) is 30.3 Å². The van der Waals surface area contributed by atoms with Crippen LogP contribution in [0.2, 0.25) is 0 Å². The summed E-state index contributed by atoms with van der Waals surface area (Å²) in [6.07, 6.45) is 0.652. The van der Waals surface area contributed by atoms with Crippen LogP contribution in [-0.4, -0.2) is 36.5 Å². The Labute approximate surface area is 146 Å². The van der Waals surface area contributed by atoms with Gasteiger partial charge in [-0.15, -0.1) is 0 Å². The van der Waals surface area contributed by atoms with Gasteiger partial charge in [0.25, 0.3) is 0 Å². The summed E-state index contributed by atoms with van der Waals surface area (Å²) < 4.78 is 18.7. The number of nitrogens with one attached hydrogen (secondary N) is 2. The summed E-state index contributed by atoms with van der Waals surface area (Å²) in [7, 11) is 1.75. The fourth-order valence-electron chi connectivity index (χ4n) is 2.81. The van der Waals surface area contributed by atoms with Crippen LogP contribution in [0.1, 0.15) is 12.0 Å². The number of rotatable bonds is 6. The Morgan fingerprint density at radius 1 is 1.16 bits per heavy atom. The number of carbonyl (C=O) groups excluding carboxylic acids is 1. The second kappa shape index (κ2) is 8.09. The highest BCUT2D eigenvalue weighted by molar-refractivity contribution is 5.82. The van der Waals surface area contributed by atoms with Crippen molar-refractivity contribution in [3.05, 3.63) is 66.0 Å². The van der Waals surface area contributed by atoms with Gasteiger partial charge in [0.15, 0.2) is 0 Å². The number of likely N-dealkylation sites (N-methyl/N-ethyl adjacent to an activating group) is 1. The predicted octanol–water partition coefficient (Wildman–Crippen LogP) is 2.10. The highest BCUT2D eigenvalue weighted by Crippen LogP contribution is 2.14. The molecule has 25 heavy (non-hydrogen) atoms. The van der Waals surface area contributed by atoms with Crippen molar-refractivity contribution in [1.29, 1.82) is 0 Å². The predicted molar refractivity (Wildman–Crippen MR) is 93.3 cm³/mol. The van der Waals surface area contributed by atoms with Crippen LogP contribution in [0.25, 0.3) is 0 Å². The molecule has 0 bridgehead atoms. The summed E-state index contributed by atoms with van der Waals surface area (Å²) >= 11 is 0. The number of ether oxygens (including phenoxy) is 1.